The van der Waals surface area contributed by atoms with Gasteiger partial charge in [0.15, 0.2) is 8.32 Å². The van der Waals surface area contributed by atoms with E-state index in [0.29, 0.717) is 0 Å². The van der Waals surface area contributed by atoms with Crippen LogP contribution in [0.3, 0.4) is 0 Å². The van der Waals surface area contributed by atoms with Gasteiger partial charge in [-0.05, 0) is 44.6 Å². The average Bonchev–Trinajstić information content (AvgIpc) is 3.06. The van der Waals surface area contributed by atoms with E-state index in [-0.39, 0.29) is 11.7 Å². The molecule has 1 heterocycles. The predicted octanol–water partition coefficient (Wildman–Crippen LogP) is 3.85. The summed E-state index contributed by atoms with van der Waals surface area (Å²) < 4.78 is 11.8. The second-order valence-corrected chi connectivity index (χ2v) is 10.6. The molecule has 3 heteroatoms. The third-order valence-electron chi connectivity index (χ3n) is 3.14. The monoisotopic (exact) mass is 274 g/mol. The van der Waals surface area contributed by atoms with E-state index in [0.717, 1.165) is 12.2 Å². The first-order valence-corrected chi connectivity index (χ1v) is 10.1. The van der Waals surface area contributed by atoms with Crippen LogP contribution in [-0.2, 0) is 14.8 Å². The van der Waals surface area contributed by atoms with Crippen molar-refractivity contribution in [3.8, 4) is 11.8 Å². The first-order valence-electron chi connectivity index (χ1n) is 6.69. The van der Waals surface area contributed by atoms with Crippen molar-refractivity contribution < 1.29 is 9.16 Å². The summed E-state index contributed by atoms with van der Waals surface area (Å²) >= 11 is 0. The SMILES string of the molecule is CC#CC(O[Si](C)(C)C)c1ccccc1C1(C)CO1. The van der Waals surface area contributed by atoms with Crippen LogP contribution in [0, 0.1) is 11.8 Å². The van der Waals surface area contributed by atoms with Crippen molar-refractivity contribution in [3.63, 3.8) is 0 Å². The van der Waals surface area contributed by atoms with E-state index in [1.807, 2.05) is 13.0 Å². The molecule has 2 nitrogen and oxygen atoms in total. The molecule has 2 rings (SSSR count). The van der Waals surface area contributed by atoms with Gasteiger partial charge in [0.25, 0.3) is 0 Å². The zero-order chi connectivity index (χ0) is 14.1. The predicted molar refractivity (Wildman–Crippen MR) is 80.4 cm³/mol. The van der Waals surface area contributed by atoms with Crippen LogP contribution in [0.2, 0.25) is 19.6 Å². The summed E-state index contributed by atoms with van der Waals surface area (Å²) in [5.41, 5.74) is 2.22. The lowest BCUT2D eigenvalue weighted by Gasteiger charge is -2.25. The Morgan fingerprint density at radius 1 is 1.32 bits per heavy atom. The van der Waals surface area contributed by atoms with Crippen LogP contribution in [0.4, 0.5) is 0 Å². The molecule has 1 aliphatic heterocycles. The minimum absolute atomic E-state index is 0.145. The summed E-state index contributed by atoms with van der Waals surface area (Å²) in [4.78, 5) is 0. The van der Waals surface area contributed by atoms with Gasteiger partial charge in [-0.2, -0.15) is 0 Å². The molecule has 19 heavy (non-hydrogen) atoms. The first kappa shape index (κ1) is 14.3. The van der Waals surface area contributed by atoms with Gasteiger partial charge >= 0.3 is 0 Å². The van der Waals surface area contributed by atoms with Gasteiger partial charge < -0.3 is 9.16 Å². The lowest BCUT2D eigenvalue weighted by atomic mass is 9.93. The molecule has 0 aromatic heterocycles. The number of hydrogen-bond acceptors (Lipinski definition) is 2. The molecule has 1 aromatic carbocycles. The summed E-state index contributed by atoms with van der Waals surface area (Å²) in [6, 6.07) is 8.33. The highest BCUT2D eigenvalue weighted by Gasteiger charge is 2.43. The Kier molecular flexibility index (Phi) is 3.87. The van der Waals surface area contributed by atoms with Crippen LogP contribution < -0.4 is 0 Å². The van der Waals surface area contributed by atoms with Gasteiger partial charge in [0.05, 0.1) is 6.61 Å². The molecule has 2 unspecified atom stereocenters. The van der Waals surface area contributed by atoms with Crippen LogP contribution in [0.5, 0.6) is 0 Å². The van der Waals surface area contributed by atoms with Crippen molar-refractivity contribution in [3.05, 3.63) is 35.4 Å². The summed E-state index contributed by atoms with van der Waals surface area (Å²) in [7, 11) is -1.65. The van der Waals surface area contributed by atoms with Crippen molar-refractivity contribution in [2.24, 2.45) is 0 Å². The molecule has 2 atom stereocenters. The van der Waals surface area contributed by atoms with E-state index in [2.05, 4.69) is 56.6 Å². The molecule has 0 saturated carbocycles. The van der Waals surface area contributed by atoms with Gasteiger partial charge in [-0.1, -0.05) is 30.2 Å². The summed E-state index contributed by atoms with van der Waals surface area (Å²) in [5, 5.41) is 0. The quantitative estimate of drug-likeness (QED) is 0.472. The third-order valence-corrected chi connectivity index (χ3v) is 4.08. The number of benzene rings is 1. The zero-order valence-corrected chi connectivity index (χ0v) is 13.4. The Morgan fingerprint density at radius 2 is 1.95 bits per heavy atom. The maximum atomic E-state index is 6.24. The van der Waals surface area contributed by atoms with E-state index in [4.69, 9.17) is 9.16 Å². The van der Waals surface area contributed by atoms with Gasteiger partial charge in [0.2, 0.25) is 0 Å². The number of hydrogen-bond donors (Lipinski definition) is 0. The fraction of sp³-hybridized carbons (Fsp3) is 0.500. The molecular formula is C16H22O2Si. The molecule has 0 N–H and O–H groups in total. The van der Waals surface area contributed by atoms with Crippen LogP contribution in [0.25, 0.3) is 0 Å². The van der Waals surface area contributed by atoms with Gasteiger partial charge in [0.1, 0.15) is 11.7 Å². The van der Waals surface area contributed by atoms with Crippen LogP contribution >= 0.6 is 0 Å². The maximum absolute atomic E-state index is 6.24. The van der Waals surface area contributed by atoms with Crippen molar-refractivity contribution in [1.29, 1.82) is 0 Å². The molecule has 1 aliphatic rings. The molecule has 0 aliphatic carbocycles. The van der Waals surface area contributed by atoms with Gasteiger partial charge in [-0.15, -0.1) is 5.92 Å². The Morgan fingerprint density at radius 3 is 2.47 bits per heavy atom. The molecule has 102 valence electrons. The molecule has 0 spiro atoms. The Labute approximate surface area is 117 Å². The topological polar surface area (TPSA) is 21.8 Å². The Bertz CT molecular complexity index is 516. The van der Waals surface area contributed by atoms with Crippen molar-refractivity contribution in [1.82, 2.24) is 0 Å². The molecule has 1 fully saturated rings. The van der Waals surface area contributed by atoms with Crippen molar-refractivity contribution in [2.45, 2.75) is 45.2 Å². The van der Waals surface area contributed by atoms with Crippen molar-refractivity contribution >= 4 is 8.32 Å². The molecule has 0 bridgehead atoms. The standard InChI is InChI=1S/C16H22O2Si/c1-6-9-15(18-19(3,4)5)13-10-7-8-11-14(13)16(2)12-17-16/h7-8,10-11,15H,12H2,1-5H3. The minimum atomic E-state index is -1.65. The van der Waals surface area contributed by atoms with Crippen LogP contribution in [0.1, 0.15) is 31.1 Å². The normalized spacial score (nSPS) is 23.4. The van der Waals surface area contributed by atoms with Crippen LogP contribution in [-0.4, -0.2) is 14.9 Å². The number of ether oxygens (including phenoxy) is 1. The lowest BCUT2D eigenvalue weighted by molar-refractivity contribution is 0.250. The molecule has 1 aromatic rings. The van der Waals surface area contributed by atoms with Gasteiger partial charge in [-0.25, -0.2) is 0 Å². The smallest absolute Gasteiger partial charge is 0.185 e. The van der Waals surface area contributed by atoms with E-state index in [9.17, 15) is 0 Å². The largest absolute Gasteiger partial charge is 0.400 e. The van der Waals surface area contributed by atoms with Gasteiger partial charge in [-0.3, -0.25) is 0 Å². The zero-order valence-electron chi connectivity index (χ0n) is 12.4. The molecule has 1 saturated heterocycles. The highest BCUT2D eigenvalue weighted by atomic mass is 28.4. The minimum Gasteiger partial charge on any atom is -0.400 e. The third kappa shape index (κ3) is 3.47. The summed E-state index contributed by atoms with van der Waals surface area (Å²) in [5.74, 6) is 6.20. The highest BCUT2D eigenvalue weighted by Crippen LogP contribution is 2.42. The van der Waals surface area contributed by atoms with E-state index in [1.54, 1.807) is 0 Å². The summed E-state index contributed by atoms with van der Waals surface area (Å²) in [6.45, 7) is 11.3. The maximum Gasteiger partial charge on any atom is 0.185 e. The van der Waals surface area contributed by atoms with E-state index < -0.39 is 8.32 Å². The Balaban J connectivity index is 2.39. The fourth-order valence-corrected chi connectivity index (χ4v) is 3.02. The number of epoxide rings is 1. The fourth-order valence-electron chi connectivity index (χ4n) is 2.13. The molecular weight excluding hydrogens is 252 g/mol. The van der Waals surface area contributed by atoms with Crippen molar-refractivity contribution in [2.75, 3.05) is 6.61 Å². The van der Waals surface area contributed by atoms with Gasteiger partial charge in [0, 0.05) is 0 Å². The average molecular weight is 274 g/mol. The lowest BCUT2D eigenvalue weighted by Crippen LogP contribution is -2.28. The second kappa shape index (κ2) is 5.13. The second-order valence-electron chi connectivity index (χ2n) is 6.11. The van der Waals surface area contributed by atoms with E-state index >= 15 is 0 Å². The Hall–Kier alpha value is -1.08. The number of rotatable bonds is 4. The van der Waals surface area contributed by atoms with E-state index in [1.165, 1.54) is 5.56 Å². The van der Waals surface area contributed by atoms with Crippen LogP contribution in [0.15, 0.2) is 24.3 Å². The molecule has 0 radical (unpaired) electrons. The summed E-state index contributed by atoms with van der Waals surface area (Å²) in [6.07, 6.45) is -0.145. The first-order chi connectivity index (χ1) is 8.86. The highest BCUT2D eigenvalue weighted by molar-refractivity contribution is 6.69. The molecule has 0 amide bonds.